The van der Waals surface area contributed by atoms with E-state index in [-0.39, 0.29) is 25.4 Å². The van der Waals surface area contributed by atoms with Crippen LogP contribution in [0.4, 0.5) is 5.69 Å². The fraction of sp³-hybridized carbons (Fsp3) is 0.370. The van der Waals surface area contributed by atoms with Crippen molar-refractivity contribution in [2.45, 2.75) is 45.3 Å². The van der Waals surface area contributed by atoms with Gasteiger partial charge in [0.25, 0.3) is 0 Å². The number of carbonyl (C=O) groups excluding carboxylic acids is 3. The van der Waals surface area contributed by atoms with E-state index in [1.54, 1.807) is 18.9 Å². The molecule has 4 rings (SSSR count). The third kappa shape index (κ3) is 4.23. The maximum Gasteiger partial charge on any atom is 0.326 e. The molecule has 0 bridgehead atoms. The van der Waals surface area contributed by atoms with Crippen molar-refractivity contribution in [3.63, 3.8) is 0 Å². The van der Waals surface area contributed by atoms with Crippen LogP contribution < -0.4 is 5.06 Å². The third-order valence-corrected chi connectivity index (χ3v) is 6.26. The van der Waals surface area contributed by atoms with Gasteiger partial charge in [0.15, 0.2) is 11.2 Å². The topological polar surface area (TPSA) is 82.1 Å². The van der Waals surface area contributed by atoms with E-state index in [2.05, 4.69) is 0 Å². The predicted molar refractivity (Wildman–Crippen MR) is 126 cm³/mol. The van der Waals surface area contributed by atoms with Gasteiger partial charge in [0.2, 0.25) is 0 Å². The van der Waals surface area contributed by atoms with E-state index in [1.165, 1.54) is 0 Å². The Bertz CT molecular complexity index is 1050. The van der Waals surface area contributed by atoms with Gasteiger partial charge in [-0.1, -0.05) is 54.6 Å². The molecule has 1 saturated heterocycles. The number of rotatable bonds is 7. The first-order chi connectivity index (χ1) is 16.5. The predicted octanol–water partition coefficient (Wildman–Crippen LogP) is 4.34. The van der Waals surface area contributed by atoms with Crippen LogP contribution in [0.15, 0.2) is 72.3 Å². The number of ketones is 1. The Balaban J connectivity index is 1.96. The van der Waals surface area contributed by atoms with Gasteiger partial charge in [-0.05, 0) is 38.0 Å². The molecule has 178 valence electrons. The van der Waals surface area contributed by atoms with Crippen molar-refractivity contribution in [1.82, 2.24) is 0 Å². The molecule has 0 radical (unpaired) electrons. The van der Waals surface area contributed by atoms with E-state index < -0.39 is 29.5 Å². The standard InChI is InChI=1S/C27H29NO6/c1-3-32-25(30)27(26(31)33-4-2)18-23(21-16-11-17-22(21)29)34-28(20-14-9-6-10-15-20)24(27)19-12-7-5-8-13-19/h5-10,12-16,23-24H,3-4,11,17-18H2,1-2H3/t23-,24-/m1/s1. The zero-order valence-electron chi connectivity index (χ0n) is 19.4. The molecule has 0 amide bonds. The SMILES string of the molecule is CCOC(=O)C1(C(=O)OCC)C[C@H](C2=CCCC2=O)ON(c2ccccc2)[C@@H]1c1ccccc1. The minimum atomic E-state index is -1.75. The third-order valence-electron chi connectivity index (χ3n) is 6.26. The normalized spacial score (nSPS) is 21.6. The fourth-order valence-corrected chi connectivity index (χ4v) is 4.77. The maximum absolute atomic E-state index is 13.7. The van der Waals surface area contributed by atoms with Gasteiger partial charge in [-0.15, -0.1) is 0 Å². The molecule has 0 spiro atoms. The second kappa shape index (κ2) is 10.2. The Kier molecular flexibility index (Phi) is 7.12. The Morgan fingerprint density at radius 3 is 2.09 bits per heavy atom. The van der Waals surface area contributed by atoms with E-state index in [4.69, 9.17) is 14.3 Å². The van der Waals surface area contributed by atoms with E-state index >= 15 is 0 Å². The highest BCUT2D eigenvalue weighted by Gasteiger charge is 2.63. The molecule has 1 aliphatic heterocycles. The molecular weight excluding hydrogens is 434 g/mol. The summed E-state index contributed by atoms with van der Waals surface area (Å²) < 4.78 is 11.0. The molecule has 2 aromatic rings. The van der Waals surface area contributed by atoms with Gasteiger partial charge < -0.3 is 9.47 Å². The highest BCUT2D eigenvalue weighted by atomic mass is 16.7. The number of ether oxygens (including phenoxy) is 2. The summed E-state index contributed by atoms with van der Waals surface area (Å²) in [6, 6.07) is 17.6. The molecule has 7 heteroatoms. The average Bonchev–Trinajstić information content (AvgIpc) is 3.30. The van der Waals surface area contributed by atoms with Gasteiger partial charge >= 0.3 is 11.9 Å². The molecule has 0 aromatic heterocycles. The number of Topliss-reactive ketones (excluding diaryl/α,β-unsaturated/α-hetero) is 1. The first-order valence-electron chi connectivity index (χ1n) is 11.7. The van der Waals surface area contributed by atoms with Crippen molar-refractivity contribution in [1.29, 1.82) is 0 Å². The van der Waals surface area contributed by atoms with E-state index in [0.717, 1.165) is 0 Å². The van der Waals surface area contributed by atoms with Gasteiger partial charge in [-0.2, -0.15) is 0 Å². The summed E-state index contributed by atoms with van der Waals surface area (Å²) in [4.78, 5) is 46.6. The Morgan fingerprint density at radius 1 is 0.971 bits per heavy atom. The van der Waals surface area contributed by atoms with Crippen LogP contribution in [0, 0.1) is 5.41 Å². The molecule has 0 unspecified atom stereocenters. The molecule has 1 fully saturated rings. The van der Waals surface area contributed by atoms with Crippen molar-refractivity contribution in [3.05, 3.63) is 77.9 Å². The molecule has 0 saturated carbocycles. The van der Waals surface area contributed by atoms with Crippen molar-refractivity contribution in [2.75, 3.05) is 18.3 Å². The lowest BCUT2D eigenvalue weighted by atomic mass is 9.70. The summed E-state index contributed by atoms with van der Waals surface area (Å²) in [5.41, 5.74) is 0.0590. The molecular formula is C27H29NO6. The maximum atomic E-state index is 13.7. The summed E-state index contributed by atoms with van der Waals surface area (Å²) in [7, 11) is 0. The molecule has 0 N–H and O–H groups in total. The molecule has 1 heterocycles. The lowest BCUT2D eigenvalue weighted by molar-refractivity contribution is -0.187. The minimum absolute atomic E-state index is 0.0437. The quantitative estimate of drug-likeness (QED) is 0.446. The number of benzene rings is 2. The molecule has 1 aliphatic carbocycles. The minimum Gasteiger partial charge on any atom is -0.465 e. The first kappa shape index (κ1) is 23.7. The number of hydroxylamine groups is 1. The summed E-state index contributed by atoms with van der Waals surface area (Å²) in [6.45, 7) is 3.59. The van der Waals surface area contributed by atoms with Gasteiger partial charge in [0, 0.05) is 18.4 Å². The van der Waals surface area contributed by atoms with Gasteiger partial charge in [-0.25, -0.2) is 5.06 Å². The lowest BCUT2D eigenvalue weighted by Gasteiger charge is -2.49. The first-order valence-corrected chi connectivity index (χ1v) is 11.7. The van der Waals surface area contributed by atoms with E-state index in [9.17, 15) is 14.4 Å². The highest BCUT2D eigenvalue weighted by molar-refractivity contribution is 6.03. The number of anilines is 1. The number of esters is 2. The summed E-state index contributed by atoms with van der Waals surface area (Å²) in [5, 5.41) is 1.57. The van der Waals surface area contributed by atoms with Crippen LogP contribution in [0.25, 0.3) is 0 Å². The number of allylic oxidation sites excluding steroid dienone is 1. The van der Waals surface area contributed by atoms with Crippen LogP contribution in [0.5, 0.6) is 0 Å². The largest absolute Gasteiger partial charge is 0.465 e. The Hall–Kier alpha value is -3.45. The summed E-state index contributed by atoms with van der Waals surface area (Å²) in [6.07, 6.45) is 1.96. The molecule has 7 nitrogen and oxygen atoms in total. The summed E-state index contributed by atoms with van der Waals surface area (Å²) >= 11 is 0. The van der Waals surface area contributed by atoms with Gasteiger partial charge in [-0.3, -0.25) is 19.2 Å². The number of nitrogens with zero attached hydrogens (tertiary/aromatic N) is 1. The molecule has 2 aromatic carbocycles. The zero-order valence-corrected chi connectivity index (χ0v) is 19.4. The number of hydrogen-bond donors (Lipinski definition) is 0. The van der Waals surface area contributed by atoms with Crippen LogP contribution >= 0.6 is 0 Å². The molecule has 2 atom stereocenters. The van der Waals surface area contributed by atoms with E-state index in [0.29, 0.717) is 29.7 Å². The number of hydrogen-bond acceptors (Lipinski definition) is 7. The summed E-state index contributed by atoms with van der Waals surface area (Å²) in [5.74, 6) is -1.43. The molecule has 2 aliphatic rings. The average molecular weight is 464 g/mol. The van der Waals surface area contributed by atoms with Crippen molar-refractivity contribution in [3.8, 4) is 0 Å². The smallest absolute Gasteiger partial charge is 0.326 e. The van der Waals surface area contributed by atoms with Gasteiger partial charge in [0.05, 0.1) is 18.9 Å². The van der Waals surface area contributed by atoms with Crippen LogP contribution in [-0.4, -0.2) is 37.0 Å². The highest BCUT2D eigenvalue weighted by Crippen LogP contribution is 2.52. The van der Waals surface area contributed by atoms with Crippen molar-refractivity contribution in [2.24, 2.45) is 5.41 Å². The number of para-hydroxylation sites is 1. The van der Waals surface area contributed by atoms with Crippen LogP contribution in [0.2, 0.25) is 0 Å². The number of carbonyl (C=O) groups is 3. The van der Waals surface area contributed by atoms with Crippen LogP contribution in [0.1, 0.15) is 44.7 Å². The van der Waals surface area contributed by atoms with Crippen molar-refractivity contribution < 1.29 is 28.7 Å². The monoisotopic (exact) mass is 463 g/mol. The zero-order chi connectivity index (χ0) is 24.1. The fourth-order valence-electron chi connectivity index (χ4n) is 4.77. The second-order valence-electron chi connectivity index (χ2n) is 8.31. The Morgan fingerprint density at radius 2 is 1.56 bits per heavy atom. The van der Waals surface area contributed by atoms with Crippen LogP contribution in [-0.2, 0) is 28.7 Å². The van der Waals surface area contributed by atoms with Crippen LogP contribution in [0.3, 0.4) is 0 Å². The van der Waals surface area contributed by atoms with Gasteiger partial charge in [0.1, 0.15) is 12.1 Å². The molecule has 34 heavy (non-hydrogen) atoms. The Labute approximate surface area is 199 Å². The van der Waals surface area contributed by atoms with E-state index in [1.807, 2.05) is 66.7 Å². The van der Waals surface area contributed by atoms with Crippen molar-refractivity contribution >= 4 is 23.4 Å². The lowest BCUT2D eigenvalue weighted by Crippen LogP contribution is -2.59. The second-order valence-corrected chi connectivity index (χ2v) is 8.31.